The predicted molar refractivity (Wildman–Crippen MR) is 78.3 cm³/mol. The Morgan fingerprint density at radius 1 is 1.24 bits per heavy atom. The molecule has 0 saturated heterocycles. The summed E-state index contributed by atoms with van der Waals surface area (Å²) >= 11 is 0. The molecule has 1 saturated carbocycles. The van der Waals surface area contributed by atoms with Crippen molar-refractivity contribution < 1.29 is 19.1 Å². The number of methoxy groups -OCH3 is 1. The molecular weight excluding hydrogens is 270 g/mol. The Bertz CT molecular complexity index is 466. The summed E-state index contributed by atoms with van der Waals surface area (Å²) in [6, 6.07) is 7.05. The number of ether oxygens (including phenoxy) is 2. The second-order valence-corrected chi connectivity index (χ2v) is 5.21. The zero-order valence-corrected chi connectivity index (χ0v) is 12.2. The molecule has 1 fully saturated rings. The van der Waals surface area contributed by atoms with E-state index in [1.807, 2.05) is 0 Å². The van der Waals surface area contributed by atoms with E-state index in [2.05, 4.69) is 5.32 Å². The average molecular weight is 291 g/mol. The molecule has 1 aliphatic carbocycles. The van der Waals surface area contributed by atoms with Crippen molar-refractivity contribution in [2.75, 3.05) is 7.11 Å². The van der Waals surface area contributed by atoms with E-state index in [1.165, 1.54) is 6.42 Å². The maximum absolute atomic E-state index is 11.9. The number of aldehydes is 1. The number of carbonyl (C=O) groups is 2. The van der Waals surface area contributed by atoms with Gasteiger partial charge in [-0.15, -0.1) is 0 Å². The summed E-state index contributed by atoms with van der Waals surface area (Å²) in [6.07, 6.45) is 4.63. The molecular formula is C16H21NO4. The largest absolute Gasteiger partial charge is 0.497 e. The molecule has 1 amide bonds. The van der Waals surface area contributed by atoms with Crippen molar-refractivity contribution in [3.8, 4) is 5.75 Å². The molecule has 1 aliphatic rings. The number of hydrogen-bond donors (Lipinski definition) is 1. The number of benzene rings is 1. The van der Waals surface area contributed by atoms with Gasteiger partial charge in [0.2, 0.25) is 0 Å². The summed E-state index contributed by atoms with van der Waals surface area (Å²) in [6.45, 7) is 0. The van der Waals surface area contributed by atoms with Crippen molar-refractivity contribution in [2.24, 2.45) is 0 Å². The van der Waals surface area contributed by atoms with Crippen LogP contribution in [0.5, 0.6) is 5.75 Å². The van der Waals surface area contributed by atoms with Gasteiger partial charge in [-0.05, 0) is 25.0 Å². The molecule has 114 valence electrons. The summed E-state index contributed by atoms with van der Waals surface area (Å²) < 4.78 is 10.3. The van der Waals surface area contributed by atoms with Gasteiger partial charge in [0, 0.05) is 11.6 Å². The van der Waals surface area contributed by atoms with E-state index in [0.717, 1.165) is 25.7 Å². The van der Waals surface area contributed by atoms with E-state index in [-0.39, 0.29) is 6.04 Å². The molecule has 1 unspecified atom stereocenters. The van der Waals surface area contributed by atoms with E-state index in [0.29, 0.717) is 17.6 Å². The number of carbonyl (C=O) groups excluding carboxylic acids is 2. The molecule has 1 aromatic rings. The van der Waals surface area contributed by atoms with Crippen LogP contribution in [0.2, 0.25) is 0 Å². The first-order valence-corrected chi connectivity index (χ1v) is 7.29. The van der Waals surface area contributed by atoms with Gasteiger partial charge < -0.3 is 14.8 Å². The molecule has 2 rings (SSSR count). The zero-order chi connectivity index (χ0) is 15.1. The first kappa shape index (κ1) is 15.4. The van der Waals surface area contributed by atoms with Gasteiger partial charge in [0.05, 0.1) is 7.11 Å². The summed E-state index contributed by atoms with van der Waals surface area (Å²) in [7, 11) is 1.57. The summed E-state index contributed by atoms with van der Waals surface area (Å²) in [5.41, 5.74) is 0.629. The van der Waals surface area contributed by atoms with Gasteiger partial charge in [-0.25, -0.2) is 4.79 Å². The smallest absolute Gasteiger partial charge is 0.408 e. The van der Waals surface area contributed by atoms with Crippen molar-refractivity contribution in [1.29, 1.82) is 0 Å². The van der Waals surface area contributed by atoms with Gasteiger partial charge in [-0.3, -0.25) is 4.79 Å². The van der Waals surface area contributed by atoms with Gasteiger partial charge in [0.15, 0.2) is 12.4 Å². The van der Waals surface area contributed by atoms with Crippen LogP contribution in [-0.2, 0) is 9.53 Å². The van der Waals surface area contributed by atoms with Gasteiger partial charge in [-0.2, -0.15) is 0 Å². The second-order valence-electron chi connectivity index (χ2n) is 5.21. The minimum Gasteiger partial charge on any atom is -0.497 e. The molecule has 5 heteroatoms. The minimum atomic E-state index is -0.889. The van der Waals surface area contributed by atoms with E-state index in [9.17, 15) is 9.59 Å². The van der Waals surface area contributed by atoms with E-state index in [1.54, 1.807) is 31.4 Å². The van der Waals surface area contributed by atoms with Crippen molar-refractivity contribution >= 4 is 12.4 Å². The van der Waals surface area contributed by atoms with E-state index < -0.39 is 12.2 Å². The highest BCUT2D eigenvalue weighted by molar-refractivity contribution is 5.72. The van der Waals surface area contributed by atoms with Crippen molar-refractivity contribution in [1.82, 2.24) is 5.32 Å². The molecule has 21 heavy (non-hydrogen) atoms. The molecule has 0 aliphatic heterocycles. The normalized spacial score (nSPS) is 16.8. The Morgan fingerprint density at radius 2 is 1.90 bits per heavy atom. The third-order valence-electron chi connectivity index (χ3n) is 3.73. The van der Waals surface area contributed by atoms with Gasteiger partial charge in [0.25, 0.3) is 0 Å². The lowest BCUT2D eigenvalue weighted by Crippen LogP contribution is -2.37. The molecule has 0 spiro atoms. The molecule has 0 bridgehead atoms. The minimum absolute atomic E-state index is 0.161. The van der Waals surface area contributed by atoms with Crippen LogP contribution in [0.25, 0.3) is 0 Å². The Morgan fingerprint density at radius 3 is 2.48 bits per heavy atom. The summed E-state index contributed by atoms with van der Waals surface area (Å²) in [4.78, 5) is 23.0. The van der Waals surface area contributed by atoms with E-state index >= 15 is 0 Å². The zero-order valence-electron chi connectivity index (χ0n) is 12.2. The van der Waals surface area contributed by atoms with Crippen molar-refractivity contribution in [3.05, 3.63) is 29.8 Å². The summed E-state index contributed by atoms with van der Waals surface area (Å²) in [5.74, 6) is 0.690. The maximum atomic E-state index is 11.9. The van der Waals surface area contributed by atoms with Crippen LogP contribution in [0, 0.1) is 0 Å². The molecule has 1 aromatic carbocycles. The molecule has 0 radical (unpaired) electrons. The lowest BCUT2D eigenvalue weighted by Gasteiger charge is -2.23. The quantitative estimate of drug-likeness (QED) is 0.847. The van der Waals surface area contributed by atoms with Crippen LogP contribution in [-0.4, -0.2) is 25.5 Å². The highest BCUT2D eigenvalue weighted by Gasteiger charge is 2.20. The fourth-order valence-corrected chi connectivity index (χ4v) is 2.53. The lowest BCUT2D eigenvalue weighted by molar-refractivity contribution is -0.115. The number of hydrogen-bond acceptors (Lipinski definition) is 4. The van der Waals surface area contributed by atoms with Crippen molar-refractivity contribution in [2.45, 2.75) is 44.2 Å². The van der Waals surface area contributed by atoms with Gasteiger partial charge in [-0.1, -0.05) is 31.4 Å². The SMILES string of the molecule is COc1ccc(C(C=O)OC(=O)NC2CCCCC2)cc1. The molecule has 1 N–H and O–H groups in total. The van der Waals surface area contributed by atoms with Crippen LogP contribution in [0.3, 0.4) is 0 Å². The third-order valence-corrected chi connectivity index (χ3v) is 3.73. The standard InChI is InChI=1S/C16H21NO4/c1-20-14-9-7-12(8-10-14)15(11-18)21-16(19)17-13-5-3-2-4-6-13/h7-11,13,15H,2-6H2,1H3,(H,17,19). The fraction of sp³-hybridized carbons (Fsp3) is 0.500. The number of nitrogens with one attached hydrogen (secondary N) is 1. The Balaban J connectivity index is 1.90. The molecule has 0 heterocycles. The van der Waals surface area contributed by atoms with Crippen molar-refractivity contribution in [3.63, 3.8) is 0 Å². The van der Waals surface area contributed by atoms with Crippen LogP contribution in [0.15, 0.2) is 24.3 Å². The highest BCUT2D eigenvalue weighted by atomic mass is 16.6. The van der Waals surface area contributed by atoms with E-state index in [4.69, 9.17) is 9.47 Å². The van der Waals surface area contributed by atoms with Crippen LogP contribution >= 0.6 is 0 Å². The number of rotatable bonds is 5. The molecule has 1 atom stereocenters. The highest BCUT2D eigenvalue weighted by Crippen LogP contribution is 2.21. The lowest BCUT2D eigenvalue weighted by atomic mass is 9.96. The third kappa shape index (κ3) is 4.48. The Kier molecular flexibility index (Phi) is 5.60. The first-order valence-electron chi connectivity index (χ1n) is 7.29. The Hall–Kier alpha value is -2.04. The van der Waals surface area contributed by atoms with Gasteiger partial charge >= 0.3 is 6.09 Å². The fourth-order valence-electron chi connectivity index (χ4n) is 2.53. The Labute approximate surface area is 124 Å². The predicted octanol–water partition coefficient (Wildman–Crippen LogP) is 2.99. The monoisotopic (exact) mass is 291 g/mol. The number of alkyl carbamates (subject to hydrolysis) is 1. The second kappa shape index (κ2) is 7.67. The van der Waals surface area contributed by atoms with Gasteiger partial charge in [0.1, 0.15) is 5.75 Å². The first-order chi connectivity index (χ1) is 10.2. The van der Waals surface area contributed by atoms with Crippen LogP contribution in [0.4, 0.5) is 4.79 Å². The van der Waals surface area contributed by atoms with Crippen LogP contribution < -0.4 is 10.1 Å². The molecule has 5 nitrogen and oxygen atoms in total. The molecule has 0 aromatic heterocycles. The maximum Gasteiger partial charge on any atom is 0.408 e. The van der Waals surface area contributed by atoms with Crippen LogP contribution in [0.1, 0.15) is 43.8 Å². The summed E-state index contributed by atoms with van der Waals surface area (Å²) in [5, 5.41) is 2.83. The topological polar surface area (TPSA) is 64.6 Å². The average Bonchev–Trinajstić information content (AvgIpc) is 2.53. The number of amides is 1.